The van der Waals surface area contributed by atoms with Gasteiger partial charge in [0.1, 0.15) is 6.04 Å². The molecule has 0 fully saturated rings. The number of carbonyl (C=O) groups excluding carboxylic acids is 5. The Labute approximate surface area is 190 Å². The summed E-state index contributed by atoms with van der Waals surface area (Å²) in [6.07, 6.45) is 0.370. The number of benzene rings is 2. The summed E-state index contributed by atoms with van der Waals surface area (Å²) in [6.45, 7) is 3.18. The van der Waals surface area contributed by atoms with Gasteiger partial charge in [-0.05, 0) is 42.7 Å². The van der Waals surface area contributed by atoms with Crippen molar-refractivity contribution in [1.29, 1.82) is 0 Å². The zero-order chi connectivity index (χ0) is 24.1. The van der Waals surface area contributed by atoms with Crippen LogP contribution in [0.5, 0.6) is 0 Å². The predicted molar refractivity (Wildman–Crippen MR) is 118 cm³/mol. The molecule has 0 aromatic heterocycles. The first-order valence-electron chi connectivity index (χ1n) is 10.3. The van der Waals surface area contributed by atoms with Crippen LogP contribution in [0.2, 0.25) is 0 Å². The predicted octanol–water partition coefficient (Wildman–Crippen LogP) is 2.35. The van der Waals surface area contributed by atoms with Gasteiger partial charge in [-0.15, -0.1) is 0 Å². The van der Waals surface area contributed by atoms with Crippen molar-refractivity contribution >= 4 is 35.3 Å². The summed E-state index contributed by atoms with van der Waals surface area (Å²) in [5.41, 5.74) is 0.841. The molecule has 172 valence electrons. The zero-order valence-corrected chi connectivity index (χ0v) is 18.5. The topological polar surface area (TPSA) is 119 Å². The summed E-state index contributed by atoms with van der Waals surface area (Å²) in [7, 11) is 1.23. The van der Waals surface area contributed by atoms with Crippen molar-refractivity contribution in [1.82, 2.24) is 5.32 Å². The molecule has 1 unspecified atom stereocenters. The molecule has 0 aliphatic carbocycles. The van der Waals surface area contributed by atoms with Crippen LogP contribution in [0.3, 0.4) is 0 Å². The number of anilines is 1. The summed E-state index contributed by atoms with van der Waals surface area (Å²) in [4.78, 5) is 62.8. The molecule has 0 spiro atoms. The van der Waals surface area contributed by atoms with Gasteiger partial charge in [0.2, 0.25) is 0 Å². The molecule has 0 bridgehead atoms. The highest BCUT2D eigenvalue weighted by Gasteiger charge is 2.36. The van der Waals surface area contributed by atoms with E-state index in [-0.39, 0.29) is 28.3 Å². The second-order valence-electron chi connectivity index (χ2n) is 7.89. The minimum atomic E-state index is -0.849. The lowest BCUT2D eigenvalue weighted by atomic mass is 10.0. The third-order valence-corrected chi connectivity index (χ3v) is 5.00. The van der Waals surface area contributed by atoms with E-state index in [0.717, 1.165) is 4.90 Å². The molecule has 0 saturated heterocycles. The van der Waals surface area contributed by atoms with Crippen molar-refractivity contribution in [3.05, 3.63) is 65.2 Å². The minimum Gasteiger partial charge on any atom is -0.467 e. The Morgan fingerprint density at radius 3 is 2.18 bits per heavy atom. The molecule has 9 nitrogen and oxygen atoms in total. The number of nitrogens with one attached hydrogen (secondary N) is 1. The Hall–Kier alpha value is -4.01. The lowest BCUT2D eigenvalue weighted by Gasteiger charge is -2.18. The maximum absolute atomic E-state index is 12.7. The Bertz CT molecular complexity index is 1070. The Morgan fingerprint density at radius 2 is 1.61 bits per heavy atom. The molecule has 1 N–H and O–H groups in total. The van der Waals surface area contributed by atoms with Crippen molar-refractivity contribution in [3.63, 3.8) is 0 Å². The van der Waals surface area contributed by atoms with Gasteiger partial charge in [0, 0.05) is 0 Å². The monoisotopic (exact) mass is 452 g/mol. The molecule has 1 heterocycles. The smallest absolute Gasteiger partial charge is 0.338 e. The van der Waals surface area contributed by atoms with Crippen LogP contribution in [0.4, 0.5) is 5.69 Å². The van der Waals surface area contributed by atoms with E-state index >= 15 is 0 Å². The number of fused-ring (bicyclic) bond motifs is 1. The SMILES string of the molecule is COC(=O)C(CC(C)C)NC(=O)COC(=O)c1cccc(N2C(=O)c3ccccc3C2=O)c1. The Kier molecular flexibility index (Phi) is 7.22. The number of hydrogen-bond acceptors (Lipinski definition) is 7. The Balaban J connectivity index is 1.66. The molecule has 1 atom stereocenters. The average Bonchev–Trinajstić information content (AvgIpc) is 3.06. The first-order chi connectivity index (χ1) is 15.7. The van der Waals surface area contributed by atoms with Gasteiger partial charge < -0.3 is 14.8 Å². The van der Waals surface area contributed by atoms with E-state index in [9.17, 15) is 24.0 Å². The summed E-state index contributed by atoms with van der Waals surface area (Å²) in [6, 6.07) is 11.4. The second kappa shape index (κ2) is 10.1. The first kappa shape index (κ1) is 23.6. The molecule has 1 aliphatic heterocycles. The lowest BCUT2D eigenvalue weighted by Crippen LogP contribution is -2.44. The molecular weight excluding hydrogens is 428 g/mol. The quantitative estimate of drug-likeness (QED) is 0.482. The molecule has 33 heavy (non-hydrogen) atoms. The van der Waals surface area contributed by atoms with Crippen LogP contribution in [0, 0.1) is 5.92 Å². The number of nitrogens with zero attached hydrogens (tertiary/aromatic N) is 1. The average molecular weight is 452 g/mol. The van der Waals surface area contributed by atoms with Crippen molar-refractivity contribution in [2.45, 2.75) is 26.3 Å². The lowest BCUT2D eigenvalue weighted by molar-refractivity contribution is -0.145. The van der Waals surface area contributed by atoms with Gasteiger partial charge in [-0.25, -0.2) is 14.5 Å². The maximum Gasteiger partial charge on any atom is 0.338 e. The molecule has 3 amide bonds. The molecule has 2 aromatic carbocycles. The molecular formula is C24H24N2O7. The third-order valence-electron chi connectivity index (χ3n) is 5.00. The van der Waals surface area contributed by atoms with E-state index in [2.05, 4.69) is 5.32 Å². The van der Waals surface area contributed by atoms with Crippen LogP contribution in [-0.4, -0.2) is 49.4 Å². The van der Waals surface area contributed by atoms with E-state index in [1.54, 1.807) is 24.3 Å². The highest BCUT2D eigenvalue weighted by Crippen LogP contribution is 2.28. The number of methoxy groups -OCH3 is 1. The van der Waals surface area contributed by atoms with Crippen LogP contribution in [0.1, 0.15) is 51.3 Å². The first-order valence-corrected chi connectivity index (χ1v) is 10.3. The highest BCUT2D eigenvalue weighted by atomic mass is 16.5. The van der Waals surface area contributed by atoms with Crippen LogP contribution in [0.25, 0.3) is 0 Å². The van der Waals surface area contributed by atoms with Crippen LogP contribution in [-0.2, 0) is 19.1 Å². The van der Waals surface area contributed by atoms with Gasteiger partial charge in [0.15, 0.2) is 6.61 Å². The minimum absolute atomic E-state index is 0.0588. The molecule has 0 saturated carbocycles. The zero-order valence-electron chi connectivity index (χ0n) is 18.5. The van der Waals surface area contributed by atoms with E-state index in [1.165, 1.54) is 31.4 Å². The number of rotatable bonds is 8. The summed E-state index contributed by atoms with van der Waals surface area (Å²) in [5.74, 6) is -2.91. The fourth-order valence-electron chi connectivity index (χ4n) is 3.47. The van der Waals surface area contributed by atoms with E-state index in [0.29, 0.717) is 6.42 Å². The van der Waals surface area contributed by atoms with Gasteiger partial charge in [0.25, 0.3) is 17.7 Å². The standard InChI is InChI=1S/C24H24N2O7/c1-14(2)11-19(24(31)32-3)25-20(27)13-33-23(30)15-7-6-8-16(12-15)26-21(28)17-9-4-5-10-18(17)22(26)29/h4-10,12,14,19H,11,13H2,1-3H3,(H,25,27). The van der Waals surface area contributed by atoms with Crippen molar-refractivity contribution in [2.75, 3.05) is 18.6 Å². The number of esters is 2. The van der Waals surface area contributed by atoms with Crippen LogP contribution < -0.4 is 10.2 Å². The number of ether oxygens (including phenoxy) is 2. The number of hydrogen-bond donors (Lipinski definition) is 1. The van der Waals surface area contributed by atoms with Gasteiger partial charge in [-0.2, -0.15) is 0 Å². The van der Waals surface area contributed by atoms with Gasteiger partial charge in [-0.1, -0.05) is 32.0 Å². The molecule has 2 aromatic rings. The third kappa shape index (κ3) is 5.25. The largest absolute Gasteiger partial charge is 0.467 e. The molecule has 9 heteroatoms. The molecule has 1 aliphatic rings. The molecule has 3 rings (SSSR count). The summed E-state index contributed by atoms with van der Waals surface area (Å²) < 4.78 is 9.74. The van der Waals surface area contributed by atoms with E-state index in [4.69, 9.17) is 9.47 Å². The van der Waals surface area contributed by atoms with Gasteiger partial charge >= 0.3 is 11.9 Å². The van der Waals surface area contributed by atoms with Gasteiger partial charge in [-0.3, -0.25) is 14.4 Å². The molecule has 0 radical (unpaired) electrons. The highest BCUT2D eigenvalue weighted by molar-refractivity contribution is 6.34. The van der Waals surface area contributed by atoms with Crippen molar-refractivity contribution in [2.24, 2.45) is 5.92 Å². The van der Waals surface area contributed by atoms with E-state index in [1.807, 2.05) is 13.8 Å². The summed E-state index contributed by atoms with van der Waals surface area (Å²) >= 11 is 0. The fraction of sp³-hybridized carbons (Fsp3) is 0.292. The van der Waals surface area contributed by atoms with Crippen LogP contribution >= 0.6 is 0 Å². The Morgan fingerprint density at radius 1 is 0.970 bits per heavy atom. The number of imide groups is 1. The normalized spacial score (nSPS) is 13.5. The van der Waals surface area contributed by atoms with Crippen LogP contribution in [0.15, 0.2) is 48.5 Å². The maximum atomic E-state index is 12.7. The van der Waals surface area contributed by atoms with Crippen molar-refractivity contribution < 1.29 is 33.4 Å². The number of amides is 3. The second-order valence-corrected chi connectivity index (χ2v) is 7.89. The summed E-state index contributed by atoms with van der Waals surface area (Å²) in [5, 5.41) is 2.50. The van der Waals surface area contributed by atoms with Gasteiger partial charge in [0.05, 0.1) is 29.5 Å². The number of carbonyl (C=O) groups is 5. The van der Waals surface area contributed by atoms with E-state index < -0.39 is 42.3 Å². The fourth-order valence-corrected chi connectivity index (χ4v) is 3.47. The van der Waals surface area contributed by atoms with Crippen molar-refractivity contribution in [3.8, 4) is 0 Å².